The van der Waals surface area contributed by atoms with Crippen molar-refractivity contribution in [1.82, 2.24) is 9.88 Å². The predicted molar refractivity (Wildman–Crippen MR) is 75.3 cm³/mol. The van der Waals surface area contributed by atoms with Gasteiger partial charge < -0.3 is 10.2 Å². The first-order chi connectivity index (χ1) is 8.09. The van der Waals surface area contributed by atoms with E-state index in [-0.39, 0.29) is 0 Å². The van der Waals surface area contributed by atoms with E-state index in [1.165, 1.54) is 25.9 Å². The lowest BCUT2D eigenvalue weighted by Crippen LogP contribution is -2.40. The Morgan fingerprint density at radius 3 is 2.82 bits per heavy atom. The Balaban J connectivity index is 1.92. The minimum atomic E-state index is 0.412. The maximum absolute atomic E-state index is 4.07. The van der Waals surface area contributed by atoms with Crippen LogP contribution in [0.3, 0.4) is 0 Å². The molecule has 17 heavy (non-hydrogen) atoms. The van der Waals surface area contributed by atoms with Crippen LogP contribution in [0.5, 0.6) is 0 Å². The van der Waals surface area contributed by atoms with Crippen LogP contribution in [0.1, 0.15) is 19.8 Å². The Morgan fingerprint density at radius 1 is 1.47 bits per heavy atom. The van der Waals surface area contributed by atoms with Gasteiger partial charge in [0.15, 0.2) is 0 Å². The van der Waals surface area contributed by atoms with Gasteiger partial charge in [0, 0.05) is 18.9 Å². The molecule has 3 nitrogen and oxygen atoms in total. The highest BCUT2D eigenvalue weighted by molar-refractivity contribution is 9.10. The highest BCUT2D eigenvalue weighted by Crippen LogP contribution is 2.31. The Bertz CT molecular complexity index is 373. The minimum Gasteiger partial charge on any atom is -0.383 e. The molecule has 0 saturated carbocycles. The smallest absolute Gasteiger partial charge is 0.0590 e. The molecule has 2 heterocycles. The molecule has 1 saturated heterocycles. The van der Waals surface area contributed by atoms with E-state index in [1.54, 1.807) is 0 Å². The summed E-state index contributed by atoms with van der Waals surface area (Å²) in [5, 5.41) is 3.53. The lowest BCUT2D eigenvalue weighted by Gasteiger charge is -2.38. The molecular weight excluding hydrogens is 278 g/mol. The first-order valence-electron chi connectivity index (χ1n) is 6.11. The van der Waals surface area contributed by atoms with Crippen LogP contribution in [-0.2, 0) is 0 Å². The van der Waals surface area contributed by atoms with E-state index in [0.717, 1.165) is 16.7 Å². The Morgan fingerprint density at radius 2 is 2.18 bits per heavy atom. The average Bonchev–Trinajstić information content (AvgIpc) is 2.33. The SMILES string of the molecule is CN1CCC(C)(CNc2ccncc2Br)CC1. The van der Waals surface area contributed by atoms with E-state index in [0.29, 0.717) is 5.41 Å². The van der Waals surface area contributed by atoms with E-state index < -0.39 is 0 Å². The first kappa shape index (κ1) is 12.8. The van der Waals surface area contributed by atoms with Gasteiger partial charge in [-0.1, -0.05) is 6.92 Å². The Hall–Kier alpha value is -0.610. The van der Waals surface area contributed by atoms with Gasteiger partial charge in [0.1, 0.15) is 0 Å². The van der Waals surface area contributed by atoms with Crippen molar-refractivity contribution in [3.63, 3.8) is 0 Å². The number of piperidine rings is 1. The topological polar surface area (TPSA) is 28.2 Å². The Labute approximate surface area is 112 Å². The second kappa shape index (κ2) is 5.36. The second-order valence-corrected chi connectivity index (χ2v) is 6.18. The fourth-order valence-corrected chi connectivity index (χ4v) is 2.55. The van der Waals surface area contributed by atoms with Crippen molar-refractivity contribution in [1.29, 1.82) is 0 Å². The van der Waals surface area contributed by atoms with Gasteiger partial charge in [-0.05, 0) is 60.4 Å². The van der Waals surface area contributed by atoms with Gasteiger partial charge in [-0.2, -0.15) is 0 Å². The van der Waals surface area contributed by atoms with Crippen molar-refractivity contribution in [3.8, 4) is 0 Å². The molecule has 0 spiro atoms. The molecule has 94 valence electrons. The normalized spacial score (nSPS) is 20.2. The number of rotatable bonds is 3. The number of hydrogen-bond acceptors (Lipinski definition) is 3. The molecule has 0 aliphatic carbocycles. The predicted octanol–water partition coefficient (Wildman–Crippen LogP) is 2.99. The largest absolute Gasteiger partial charge is 0.383 e. The van der Waals surface area contributed by atoms with Crippen LogP contribution in [0.2, 0.25) is 0 Å². The van der Waals surface area contributed by atoms with Crippen molar-refractivity contribution >= 4 is 21.6 Å². The van der Waals surface area contributed by atoms with Crippen LogP contribution in [-0.4, -0.2) is 36.6 Å². The van der Waals surface area contributed by atoms with E-state index in [1.807, 2.05) is 18.5 Å². The average molecular weight is 298 g/mol. The van der Waals surface area contributed by atoms with Crippen LogP contribution < -0.4 is 5.32 Å². The number of halogens is 1. The number of pyridine rings is 1. The summed E-state index contributed by atoms with van der Waals surface area (Å²) in [6.45, 7) is 5.82. The number of aromatic nitrogens is 1. The number of hydrogen-bond donors (Lipinski definition) is 1. The van der Waals surface area contributed by atoms with Crippen molar-refractivity contribution in [2.75, 3.05) is 32.0 Å². The van der Waals surface area contributed by atoms with Gasteiger partial charge in [-0.15, -0.1) is 0 Å². The molecule has 0 radical (unpaired) electrons. The molecule has 1 aliphatic heterocycles. The van der Waals surface area contributed by atoms with Crippen molar-refractivity contribution < 1.29 is 0 Å². The maximum atomic E-state index is 4.07. The molecule has 1 aromatic heterocycles. The molecule has 0 bridgehead atoms. The summed E-state index contributed by atoms with van der Waals surface area (Å²) in [6.07, 6.45) is 6.18. The summed E-state index contributed by atoms with van der Waals surface area (Å²) < 4.78 is 1.04. The third kappa shape index (κ3) is 3.42. The molecule has 0 atom stereocenters. The van der Waals surface area contributed by atoms with Gasteiger partial charge >= 0.3 is 0 Å². The number of nitrogens with zero attached hydrogens (tertiary/aromatic N) is 2. The second-order valence-electron chi connectivity index (χ2n) is 5.32. The van der Waals surface area contributed by atoms with E-state index in [4.69, 9.17) is 0 Å². The fraction of sp³-hybridized carbons (Fsp3) is 0.615. The quantitative estimate of drug-likeness (QED) is 0.930. The van der Waals surface area contributed by atoms with Crippen LogP contribution in [0.15, 0.2) is 22.9 Å². The van der Waals surface area contributed by atoms with E-state index in [2.05, 4.69) is 45.1 Å². The Kier molecular flexibility index (Phi) is 4.05. The molecule has 2 rings (SSSR count). The monoisotopic (exact) mass is 297 g/mol. The summed E-state index contributed by atoms with van der Waals surface area (Å²) in [4.78, 5) is 6.48. The molecular formula is C13H20BrN3. The lowest BCUT2D eigenvalue weighted by atomic mass is 9.80. The zero-order chi connectivity index (χ0) is 12.3. The van der Waals surface area contributed by atoms with Gasteiger partial charge in [0.2, 0.25) is 0 Å². The van der Waals surface area contributed by atoms with Crippen LogP contribution in [0.25, 0.3) is 0 Å². The molecule has 1 aliphatic rings. The summed E-state index contributed by atoms with van der Waals surface area (Å²) in [5.41, 5.74) is 1.55. The third-order valence-corrected chi connectivity index (χ3v) is 4.30. The standard InChI is InChI=1S/C13H20BrN3/c1-13(4-7-17(2)8-5-13)10-16-12-3-6-15-9-11(12)14/h3,6,9H,4-5,7-8,10H2,1-2H3,(H,15,16). The lowest BCUT2D eigenvalue weighted by molar-refractivity contribution is 0.150. The highest BCUT2D eigenvalue weighted by Gasteiger charge is 2.28. The molecule has 0 unspecified atom stereocenters. The van der Waals surface area contributed by atoms with Gasteiger partial charge in [0.25, 0.3) is 0 Å². The van der Waals surface area contributed by atoms with E-state index >= 15 is 0 Å². The maximum Gasteiger partial charge on any atom is 0.0590 e. The molecule has 0 amide bonds. The zero-order valence-electron chi connectivity index (χ0n) is 10.5. The minimum absolute atomic E-state index is 0.412. The molecule has 0 aromatic carbocycles. The summed E-state index contributed by atoms with van der Waals surface area (Å²) in [5.74, 6) is 0. The van der Waals surface area contributed by atoms with Crippen LogP contribution in [0.4, 0.5) is 5.69 Å². The van der Waals surface area contributed by atoms with Crippen LogP contribution >= 0.6 is 15.9 Å². The van der Waals surface area contributed by atoms with Crippen molar-refractivity contribution in [2.24, 2.45) is 5.41 Å². The molecule has 1 fully saturated rings. The van der Waals surface area contributed by atoms with Gasteiger partial charge in [-0.25, -0.2) is 0 Å². The number of nitrogens with one attached hydrogen (secondary N) is 1. The summed E-state index contributed by atoms with van der Waals surface area (Å²) in [6, 6.07) is 2.02. The zero-order valence-corrected chi connectivity index (χ0v) is 12.1. The molecule has 1 aromatic rings. The van der Waals surface area contributed by atoms with Crippen LogP contribution in [0, 0.1) is 5.41 Å². The van der Waals surface area contributed by atoms with Crippen molar-refractivity contribution in [2.45, 2.75) is 19.8 Å². The van der Waals surface area contributed by atoms with Gasteiger partial charge in [-0.3, -0.25) is 4.98 Å². The molecule has 4 heteroatoms. The van der Waals surface area contributed by atoms with Gasteiger partial charge in [0.05, 0.1) is 10.2 Å². The summed E-state index contributed by atoms with van der Waals surface area (Å²) in [7, 11) is 2.20. The summed E-state index contributed by atoms with van der Waals surface area (Å²) >= 11 is 3.52. The first-order valence-corrected chi connectivity index (χ1v) is 6.90. The number of anilines is 1. The number of likely N-dealkylation sites (tertiary alicyclic amines) is 1. The highest BCUT2D eigenvalue weighted by atomic mass is 79.9. The fourth-order valence-electron chi connectivity index (χ4n) is 2.16. The third-order valence-electron chi connectivity index (χ3n) is 3.67. The van der Waals surface area contributed by atoms with E-state index in [9.17, 15) is 0 Å². The van der Waals surface area contributed by atoms with Crippen molar-refractivity contribution in [3.05, 3.63) is 22.9 Å². The molecule has 1 N–H and O–H groups in total.